The lowest BCUT2D eigenvalue weighted by molar-refractivity contribution is 0.0488. The van der Waals surface area contributed by atoms with Gasteiger partial charge in [0.05, 0.1) is 12.3 Å². The van der Waals surface area contributed by atoms with E-state index in [1.54, 1.807) is 19.1 Å². The monoisotopic (exact) mass is 327 g/mol. The maximum atomic E-state index is 11.8. The second-order valence-corrected chi connectivity index (χ2v) is 4.99. The van der Waals surface area contributed by atoms with E-state index in [1.807, 2.05) is 13.8 Å². The number of furan rings is 1. The van der Waals surface area contributed by atoms with Crippen molar-refractivity contribution >= 4 is 21.9 Å². The molecule has 0 spiro atoms. The third-order valence-corrected chi connectivity index (χ3v) is 2.87. The average Bonchev–Trinajstić information content (AvgIpc) is 2.94. The molecule has 0 aromatic carbocycles. The number of ether oxygens (including phenoxy) is 1. The second-order valence-electron chi connectivity index (χ2n) is 4.21. The van der Waals surface area contributed by atoms with Crippen LogP contribution in [0.15, 0.2) is 25.6 Å². The Bertz CT molecular complexity index is 585. The largest absolute Gasteiger partial charge is 0.460 e. The number of aromatic nitrogens is 1. The van der Waals surface area contributed by atoms with Crippen molar-refractivity contribution in [2.24, 2.45) is 0 Å². The summed E-state index contributed by atoms with van der Waals surface area (Å²) >= 11 is 3.21. The minimum absolute atomic E-state index is 0.0512. The Hall–Kier alpha value is -1.56. The summed E-state index contributed by atoms with van der Waals surface area (Å²) in [5, 5.41) is 0. The van der Waals surface area contributed by atoms with Gasteiger partial charge >= 0.3 is 5.97 Å². The van der Waals surface area contributed by atoms with Gasteiger partial charge in [-0.2, -0.15) is 0 Å². The zero-order valence-electron chi connectivity index (χ0n) is 10.9. The lowest BCUT2D eigenvalue weighted by Gasteiger charge is -2.02. The van der Waals surface area contributed by atoms with Crippen molar-refractivity contribution in [1.82, 2.24) is 4.98 Å². The quantitative estimate of drug-likeness (QED) is 0.794. The van der Waals surface area contributed by atoms with E-state index in [2.05, 4.69) is 20.9 Å². The minimum atomic E-state index is -0.504. The van der Waals surface area contributed by atoms with Crippen LogP contribution in [0.5, 0.6) is 0 Å². The van der Waals surface area contributed by atoms with Gasteiger partial charge < -0.3 is 13.6 Å². The second kappa shape index (κ2) is 5.61. The number of hydrogen-bond acceptors (Lipinski definition) is 5. The van der Waals surface area contributed by atoms with Crippen LogP contribution in [0, 0.1) is 0 Å². The molecule has 0 aliphatic carbocycles. The molecular formula is C13H14BrNO4. The zero-order chi connectivity index (χ0) is 14.0. The van der Waals surface area contributed by atoms with Crippen molar-refractivity contribution in [1.29, 1.82) is 0 Å². The summed E-state index contributed by atoms with van der Waals surface area (Å²) in [4.78, 5) is 16.1. The van der Waals surface area contributed by atoms with Gasteiger partial charge in [0, 0.05) is 0 Å². The average molecular weight is 328 g/mol. The first-order chi connectivity index (χ1) is 9.02. The molecule has 2 heterocycles. The van der Waals surface area contributed by atoms with Crippen LogP contribution in [0.25, 0.3) is 11.7 Å². The molecule has 0 bridgehead atoms. The first-order valence-electron chi connectivity index (χ1n) is 5.96. The topological polar surface area (TPSA) is 65.5 Å². The molecule has 2 rings (SSSR count). The fourth-order valence-corrected chi connectivity index (χ4v) is 1.91. The van der Waals surface area contributed by atoms with Gasteiger partial charge in [-0.25, -0.2) is 9.78 Å². The van der Waals surface area contributed by atoms with Crippen LogP contribution in [-0.4, -0.2) is 17.6 Å². The third kappa shape index (κ3) is 2.89. The molecule has 0 saturated heterocycles. The number of carbonyl (C=O) groups is 1. The normalized spacial score (nSPS) is 11.0. The van der Waals surface area contributed by atoms with E-state index in [1.165, 1.54) is 0 Å². The first kappa shape index (κ1) is 13.9. The fraction of sp³-hybridized carbons (Fsp3) is 0.385. The number of esters is 1. The van der Waals surface area contributed by atoms with E-state index in [0.29, 0.717) is 22.7 Å². The maximum absolute atomic E-state index is 11.8. The van der Waals surface area contributed by atoms with Crippen LogP contribution in [0.2, 0.25) is 0 Å². The van der Waals surface area contributed by atoms with Crippen LogP contribution in [0.3, 0.4) is 0 Å². The molecule has 0 fully saturated rings. The summed E-state index contributed by atoms with van der Waals surface area (Å²) in [6.45, 7) is 5.90. The summed E-state index contributed by atoms with van der Waals surface area (Å²) < 4.78 is 16.4. The van der Waals surface area contributed by atoms with Crippen molar-refractivity contribution in [2.75, 3.05) is 6.61 Å². The molecule has 19 heavy (non-hydrogen) atoms. The van der Waals surface area contributed by atoms with Crippen molar-refractivity contribution in [3.63, 3.8) is 0 Å². The highest BCUT2D eigenvalue weighted by atomic mass is 79.9. The summed E-state index contributed by atoms with van der Waals surface area (Å²) in [7, 11) is 0. The van der Waals surface area contributed by atoms with E-state index in [-0.39, 0.29) is 17.6 Å². The molecule has 5 nitrogen and oxygen atoms in total. The summed E-state index contributed by atoms with van der Waals surface area (Å²) in [6.07, 6.45) is 0. The lowest BCUT2D eigenvalue weighted by atomic mass is 10.1. The molecule has 0 unspecified atom stereocenters. The van der Waals surface area contributed by atoms with E-state index in [9.17, 15) is 4.79 Å². The molecule has 0 aliphatic rings. The highest BCUT2D eigenvalue weighted by Gasteiger charge is 2.25. The van der Waals surface area contributed by atoms with Crippen molar-refractivity contribution in [3.05, 3.63) is 28.3 Å². The Balaban J connectivity index is 2.43. The van der Waals surface area contributed by atoms with Gasteiger partial charge in [-0.05, 0) is 40.9 Å². The number of carbonyl (C=O) groups excluding carboxylic acids is 1. The highest BCUT2D eigenvalue weighted by Crippen LogP contribution is 2.29. The first-order valence-corrected chi connectivity index (χ1v) is 6.75. The molecular weight excluding hydrogens is 314 g/mol. The third-order valence-electron chi connectivity index (χ3n) is 2.45. The molecule has 0 aliphatic heterocycles. The smallest absolute Gasteiger partial charge is 0.376 e. The molecule has 0 radical (unpaired) electrons. The Morgan fingerprint density at radius 1 is 1.42 bits per heavy atom. The van der Waals surface area contributed by atoms with Gasteiger partial charge in [-0.3, -0.25) is 0 Å². The lowest BCUT2D eigenvalue weighted by Crippen LogP contribution is -2.07. The fourth-order valence-electron chi connectivity index (χ4n) is 1.60. The van der Waals surface area contributed by atoms with Crippen molar-refractivity contribution in [2.45, 2.75) is 26.7 Å². The molecule has 0 N–H and O–H groups in total. The van der Waals surface area contributed by atoms with Gasteiger partial charge in [0.2, 0.25) is 5.76 Å². The molecule has 102 valence electrons. The maximum Gasteiger partial charge on any atom is 0.376 e. The molecule has 6 heteroatoms. The molecule has 0 atom stereocenters. The van der Waals surface area contributed by atoms with Crippen molar-refractivity contribution in [3.8, 4) is 11.7 Å². The number of oxazole rings is 1. The Labute approximate surface area is 119 Å². The van der Waals surface area contributed by atoms with Crippen LogP contribution in [0.1, 0.15) is 42.9 Å². The molecule has 2 aromatic heterocycles. The molecule has 0 amide bonds. The number of nitrogens with zero attached hydrogens (tertiary/aromatic N) is 1. The van der Waals surface area contributed by atoms with E-state index in [0.717, 1.165) is 0 Å². The van der Waals surface area contributed by atoms with Crippen LogP contribution in [-0.2, 0) is 4.74 Å². The predicted octanol–water partition coefficient (Wildman–Crippen LogP) is 4.00. The minimum Gasteiger partial charge on any atom is -0.460 e. The Morgan fingerprint density at radius 2 is 2.16 bits per heavy atom. The van der Waals surface area contributed by atoms with E-state index in [4.69, 9.17) is 13.6 Å². The van der Waals surface area contributed by atoms with Gasteiger partial charge in [0.25, 0.3) is 5.89 Å². The summed E-state index contributed by atoms with van der Waals surface area (Å²) in [5.74, 6) is 0.423. The number of halogens is 1. The van der Waals surface area contributed by atoms with Crippen LogP contribution in [0.4, 0.5) is 0 Å². The van der Waals surface area contributed by atoms with Gasteiger partial charge in [-0.15, -0.1) is 0 Å². The summed E-state index contributed by atoms with van der Waals surface area (Å²) in [5.41, 5.74) is 0.570. The van der Waals surface area contributed by atoms with Crippen LogP contribution < -0.4 is 0 Å². The number of rotatable bonds is 4. The number of hydrogen-bond donors (Lipinski definition) is 0. The zero-order valence-corrected chi connectivity index (χ0v) is 12.5. The van der Waals surface area contributed by atoms with Gasteiger partial charge in [0.1, 0.15) is 0 Å². The van der Waals surface area contributed by atoms with E-state index >= 15 is 0 Å². The van der Waals surface area contributed by atoms with E-state index < -0.39 is 5.97 Å². The van der Waals surface area contributed by atoms with Gasteiger partial charge in [0.15, 0.2) is 10.4 Å². The standard InChI is InChI=1S/C13H14BrNO4/c1-4-17-13(16)11-10(7(2)3)15-12(19-11)8-5-6-9(14)18-8/h5-7H,4H2,1-3H3. The highest BCUT2D eigenvalue weighted by molar-refractivity contribution is 9.10. The Morgan fingerprint density at radius 3 is 2.68 bits per heavy atom. The van der Waals surface area contributed by atoms with Crippen molar-refractivity contribution < 1.29 is 18.4 Å². The SMILES string of the molecule is CCOC(=O)c1oc(-c2ccc(Br)o2)nc1C(C)C. The van der Waals surface area contributed by atoms with Crippen LogP contribution >= 0.6 is 15.9 Å². The molecule has 0 saturated carbocycles. The van der Waals surface area contributed by atoms with Gasteiger partial charge in [-0.1, -0.05) is 13.8 Å². The summed E-state index contributed by atoms with van der Waals surface area (Å²) in [6, 6.07) is 3.45. The molecule has 2 aromatic rings. The Kier molecular flexibility index (Phi) is 4.09. The predicted molar refractivity (Wildman–Crippen MR) is 72.0 cm³/mol.